The Balaban J connectivity index is 0.831. The second-order valence-corrected chi connectivity index (χ2v) is 34.3. The monoisotopic (exact) mass is 1530 g/mol. The van der Waals surface area contributed by atoms with E-state index in [-0.39, 0.29) is 20.1 Å². The van der Waals surface area contributed by atoms with E-state index in [9.17, 15) is 0 Å². The van der Waals surface area contributed by atoms with E-state index in [2.05, 4.69) is 389 Å². The Morgan fingerprint density at radius 1 is 0.276 bits per heavy atom. The van der Waals surface area contributed by atoms with Crippen LogP contribution in [0, 0.1) is 55.4 Å². The van der Waals surface area contributed by atoms with Crippen LogP contribution in [0.25, 0.3) is 20.2 Å². The zero-order chi connectivity index (χ0) is 77.6. The van der Waals surface area contributed by atoms with Crippen molar-refractivity contribution in [2.75, 3.05) is 29.8 Å². The maximum atomic E-state index is 7.89. The van der Waals surface area contributed by atoms with Gasteiger partial charge in [0.1, 0.15) is 34.5 Å². The molecule has 0 unspecified atom stereocenters. The molecule has 0 spiro atoms. The quantitative estimate of drug-likeness (QED) is 0.128. The fourth-order valence-corrected chi connectivity index (χ4v) is 22.4. The number of benzene rings is 15. The molecule has 2 aromatic heterocycles. The fraction of sp³-hybridized carbons (Fsp3) is 0.0784. The number of fused-ring (bicyclic) bond motifs is 16. The van der Waals surface area contributed by atoms with Crippen molar-refractivity contribution in [3.05, 3.63) is 348 Å². The lowest BCUT2D eigenvalue weighted by atomic mass is 9.30. The van der Waals surface area contributed by atoms with Gasteiger partial charge in [-0.2, -0.15) is 0 Å². The number of thiophene rings is 2. The number of hydrogen-bond acceptors (Lipinski definition) is 11. The van der Waals surface area contributed by atoms with Crippen LogP contribution >= 0.6 is 22.7 Å². The minimum atomic E-state index is -0.362. The van der Waals surface area contributed by atoms with Gasteiger partial charge in [-0.05, 0) is 232 Å². The Bertz CT molecular complexity index is 6730. The van der Waals surface area contributed by atoms with Crippen molar-refractivity contribution in [3.8, 4) is 34.5 Å². The largest absolute Gasteiger partial charge is 0.458 e. The van der Waals surface area contributed by atoms with Crippen molar-refractivity contribution in [2.45, 2.75) is 55.4 Å². The van der Waals surface area contributed by atoms with Gasteiger partial charge in [-0.3, -0.25) is 0 Å². The topological polar surface area (TPSA) is 55.9 Å². The number of ether oxygens (including phenoxy) is 3. The zero-order valence-electron chi connectivity index (χ0n) is 65.4. The van der Waals surface area contributed by atoms with E-state index in [0.29, 0.717) is 0 Å². The fourth-order valence-electron chi connectivity index (χ4n) is 19.9. The molecule has 9 nitrogen and oxygen atoms in total. The van der Waals surface area contributed by atoms with Crippen molar-refractivity contribution in [1.29, 1.82) is 0 Å². The van der Waals surface area contributed by atoms with Crippen LogP contribution in [0.3, 0.4) is 0 Å². The summed E-state index contributed by atoms with van der Waals surface area (Å²) in [6.07, 6.45) is 0. The van der Waals surface area contributed by atoms with Gasteiger partial charge in [0.05, 0.1) is 28.4 Å². The third-order valence-corrected chi connectivity index (χ3v) is 26.9. The number of nitrogens with one attached hydrogen (secondary N) is 1. The highest BCUT2D eigenvalue weighted by atomic mass is 32.1. The zero-order valence-corrected chi connectivity index (χ0v) is 67.0. The minimum Gasteiger partial charge on any atom is -0.458 e. The van der Waals surface area contributed by atoms with E-state index in [4.69, 9.17) is 14.2 Å². The maximum absolute atomic E-state index is 7.89. The van der Waals surface area contributed by atoms with E-state index in [1.807, 2.05) is 22.7 Å². The lowest BCUT2D eigenvalue weighted by Crippen LogP contribution is -2.65. The van der Waals surface area contributed by atoms with Crippen LogP contribution in [0.2, 0.25) is 0 Å². The smallest absolute Gasteiger partial charge is 0.273 e. The minimum absolute atomic E-state index is 0.226. The number of aryl methyl sites for hydroxylation is 8. The van der Waals surface area contributed by atoms with Gasteiger partial charge in [0.25, 0.3) is 20.1 Å². The number of anilines is 17. The molecular weight excluding hydrogens is 1450 g/mol. The van der Waals surface area contributed by atoms with E-state index < -0.39 is 0 Å². The van der Waals surface area contributed by atoms with Crippen molar-refractivity contribution >= 4 is 207 Å². The second kappa shape index (κ2) is 26.1. The lowest BCUT2D eigenvalue weighted by molar-refractivity contribution is 0.468. The van der Waals surface area contributed by atoms with Gasteiger partial charge in [0.2, 0.25) is 0 Å². The summed E-state index contributed by atoms with van der Waals surface area (Å²) in [7, 11) is 0. The number of para-hydroxylation sites is 4. The molecule has 0 radical (unpaired) electrons. The maximum Gasteiger partial charge on any atom is 0.273 e. The molecule has 116 heavy (non-hydrogen) atoms. The molecule has 6 aliphatic heterocycles. The summed E-state index contributed by atoms with van der Waals surface area (Å²) in [5.74, 6) is 4.96. The molecule has 552 valence electrons. The highest BCUT2D eigenvalue weighted by Crippen LogP contribution is 2.54. The third-order valence-electron chi connectivity index (χ3n) is 24.5. The van der Waals surface area contributed by atoms with Crippen molar-refractivity contribution in [3.63, 3.8) is 0 Å². The first kappa shape index (κ1) is 68.2. The van der Waals surface area contributed by atoms with Gasteiger partial charge in [0, 0.05) is 128 Å². The Kier molecular flexibility index (Phi) is 15.3. The Morgan fingerprint density at radius 2 is 0.655 bits per heavy atom. The Hall–Kier alpha value is -13.4. The van der Waals surface area contributed by atoms with Gasteiger partial charge < -0.3 is 44.0 Å². The van der Waals surface area contributed by atoms with E-state index in [1.54, 1.807) is 0 Å². The molecule has 0 aliphatic carbocycles. The van der Waals surface area contributed by atoms with Crippen LogP contribution in [-0.2, 0) is 0 Å². The summed E-state index contributed by atoms with van der Waals surface area (Å²) >= 11 is 3.68. The molecule has 1 N–H and O–H groups in total. The summed E-state index contributed by atoms with van der Waals surface area (Å²) in [5, 5.41) is 6.49. The highest BCUT2D eigenvalue weighted by Gasteiger charge is 2.51. The molecule has 0 saturated heterocycles. The molecular formula is C102H75B3N6O3S2. The number of rotatable bonds is 11. The molecule has 14 heteroatoms. The van der Waals surface area contributed by atoms with Crippen molar-refractivity contribution < 1.29 is 14.2 Å². The Morgan fingerprint density at radius 3 is 1.12 bits per heavy atom. The number of hydrogen-bond donors (Lipinski definition) is 1. The normalized spacial score (nSPS) is 13.2. The first-order valence-corrected chi connectivity index (χ1v) is 41.6. The van der Waals surface area contributed by atoms with Crippen molar-refractivity contribution in [2.24, 2.45) is 0 Å². The summed E-state index contributed by atoms with van der Waals surface area (Å²) in [4.78, 5) is 12.4. The van der Waals surface area contributed by atoms with Crippen LogP contribution < -0.4 is 91.8 Å². The first-order chi connectivity index (χ1) is 56.8. The molecule has 8 heterocycles. The second-order valence-electron chi connectivity index (χ2n) is 32.1. The molecule has 0 saturated carbocycles. The van der Waals surface area contributed by atoms with Crippen LogP contribution in [0.15, 0.2) is 303 Å². The third kappa shape index (κ3) is 10.5. The standard InChI is InChI=1S/C102H75B3N6O3S2/c1-59-37-41-71(42-38-59)109(72-43-39-60(2)40-44-72)73-49-83-94-89(52-73)113-99-76-33-21-23-35-92(76)115-101(99)104(94)78-55-79-84(57-82(78)106-83)110(97-63(5)45-61(3)46-64(97)6)86-50-74(107(67-25-13-9-14-26-67)68-27-15-10-16-28-68)51-87-95(86)103(79)80-56-81-88(58-85(80)111(87)98-65(7)47-62(4)48-66(98)8)112-90-53-75(108(69-29-17-11-18-30-69)70-31-19-12-20-32-70)54-91-96(90)105(81)102-100(114-91)77-34-22-24-36-93(77)116-102/h9-58,106H,1-8H3. The van der Waals surface area contributed by atoms with Gasteiger partial charge in [0.15, 0.2) is 0 Å². The highest BCUT2D eigenvalue weighted by molar-refractivity contribution is 7.34. The van der Waals surface area contributed by atoms with Gasteiger partial charge in [-0.1, -0.05) is 180 Å². The van der Waals surface area contributed by atoms with E-state index in [1.165, 1.54) is 80.5 Å². The molecule has 15 aromatic carbocycles. The predicted molar refractivity (Wildman–Crippen MR) is 492 cm³/mol. The van der Waals surface area contributed by atoms with E-state index >= 15 is 0 Å². The molecule has 0 fully saturated rings. The molecule has 6 aliphatic rings. The SMILES string of the molecule is Cc1ccc(N(c2ccc(C)cc2)c2cc3c4c(c2)Oc2c(sc5ccccc25)B4c2cc4c(cc2N3)N(c2c(C)cc(C)cc2C)c2cc(N(c3ccccc3)c3ccccc3)cc3c2B4c2cc4c(cc2N3c2c(C)cc(C)cc2C)Oc2cc(N(c3ccccc3)c3ccccc3)cc3c2B4c2sc4ccccc4c2O3)cc1. The average molecular weight is 1530 g/mol. The van der Waals surface area contributed by atoms with Crippen LogP contribution in [-0.4, -0.2) is 20.1 Å². The van der Waals surface area contributed by atoms with E-state index in [0.717, 1.165) is 163 Å². The van der Waals surface area contributed by atoms with Gasteiger partial charge in [-0.25, -0.2) is 0 Å². The molecule has 0 atom stereocenters. The molecule has 0 amide bonds. The summed E-state index contributed by atoms with van der Waals surface area (Å²) in [6, 6.07) is 112. The summed E-state index contributed by atoms with van der Waals surface area (Å²) in [5.41, 5.74) is 35.4. The summed E-state index contributed by atoms with van der Waals surface area (Å²) < 4.78 is 27.7. The van der Waals surface area contributed by atoms with Crippen LogP contribution in [0.5, 0.6) is 34.5 Å². The van der Waals surface area contributed by atoms with Gasteiger partial charge in [-0.15, -0.1) is 22.7 Å². The molecule has 23 rings (SSSR count). The summed E-state index contributed by atoms with van der Waals surface area (Å²) in [6.45, 7) is 17.1. The van der Waals surface area contributed by atoms with Crippen LogP contribution in [0.1, 0.15) is 44.5 Å². The Labute approximate surface area is 684 Å². The van der Waals surface area contributed by atoms with Crippen molar-refractivity contribution in [1.82, 2.24) is 0 Å². The van der Waals surface area contributed by atoms with Crippen LogP contribution in [0.4, 0.5) is 96.7 Å². The molecule has 17 aromatic rings. The predicted octanol–water partition coefficient (Wildman–Crippen LogP) is 22.5. The van der Waals surface area contributed by atoms with Gasteiger partial charge >= 0.3 is 0 Å². The average Bonchev–Trinajstić information content (AvgIpc) is 0.803. The lowest BCUT2D eigenvalue weighted by Gasteiger charge is -2.47. The number of nitrogens with zero attached hydrogens (tertiary/aromatic N) is 5. The molecule has 0 bridgehead atoms. The first-order valence-electron chi connectivity index (χ1n) is 40.0.